The van der Waals surface area contributed by atoms with Gasteiger partial charge in [-0.05, 0) is 24.1 Å². The number of benzene rings is 1. The van der Waals surface area contributed by atoms with E-state index in [1.807, 2.05) is 0 Å². The maximum Gasteiger partial charge on any atom is 0.148 e. The normalized spacial score (nSPS) is 41.6. The van der Waals surface area contributed by atoms with E-state index in [0.717, 1.165) is 35.7 Å². The van der Waals surface area contributed by atoms with Crippen LogP contribution in [0.5, 0.6) is 0 Å². The van der Waals surface area contributed by atoms with E-state index in [1.54, 1.807) is 0 Å². The Morgan fingerprint density at radius 1 is 1.35 bits per heavy atom. The SMILES string of the molecule is C/C=C1/C[N+]2(C)CC[C@]34C(=C(C=O)[C@H]1CC32)Nc1ccccc14. The Morgan fingerprint density at radius 3 is 2.96 bits per heavy atom. The van der Waals surface area contributed by atoms with Gasteiger partial charge in [0.25, 0.3) is 0 Å². The van der Waals surface area contributed by atoms with Gasteiger partial charge in [-0.3, -0.25) is 4.79 Å². The molecule has 4 aliphatic rings. The van der Waals surface area contributed by atoms with Gasteiger partial charge in [0.1, 0.15) is 18.9 Å². The Bertz CT molecular complexity index is 793. The first-order chi connectivity index (χ1) is 11.1. The molecule has 5 rings (SSSR count). The first-order valence-electron chi connectivity index (χ1n) is 8.70. The number of para-hydroxylation sites is 1. The lowest BCUT2D eigenvalue weighted by molar-refractivity contribution is -0.923. The minimum absolute atomic E-state index is 0.0390. The minimum atomic E-state index is 0.0390. The summed E-state index contributed by atoms with van der Waals surface area (Å²) in [5.41, 5.74) is 6.35. The maximum atomic E-state index is 12.0. The second-order valence-electron chi connectivity index (χ2n) is 7.87. The van der Waals surface area contributed by atoms with E-state index in [2.05, 4.69) is 49.6 Å². The number of likely N-dealkylation sites (N-methyl/N-ethyl adjacent to an activating group) is 1. The summed E-state index contributed by atoms with van der Waals surface area (Å²) >= 11 is 0. The number of fused-ring (bicyclic) bond motifs is 2. The van der Waals surface area contributed by atoms with E-state index < -0.39 is 0 Å². The Labute approximate surface area is 137 Å². The number of quaternary nitrogens is 1. The van der Waals surface area contributed by atoms with Gasteiger partial charge in [-0.25, -0.2) is 0 Å². The van der Waals surface area contributed by atoms with Crippen LogP contribution in [0.3, 0.4) is 0 Å². The van der Waals surface area contributed by atoms with E-state index in [1.165, 1.54) is 29.1 Å². The summed E-state index contributed by atoms with van der Waals surface area (Å²) in [6.07, 6.45) is 5.65. The van der Waals surface area contributed by atoms with Crippen LogP contribution in [0.25, 0.3) is 0 Å². The van der Waals surface area contributed by atoms with Crippen molar-refractivity contribution in [3.63, 3.8) is 0 Å². The van der Waals surface area contributed by atoms with E-state index in [9.17, 15) is 4.79 Å². The number of carbonyl (C=O) groups excluding carboxylic acids is 1. The van der Waals surface area contributed by atoms with E-state index in [4.69, 9.17) is 0 Å². The number of rotatable bonds is 1. The number of allylic oxidation sites excluding steroid dienone is 2. The molecule has 0 saturated carbocycles. The lowest BCUT2D eigenvalue weighted by atomic mass is 9.61. The number of piperidine rings is 1. The highest BCUT2D eigenvalue weighted by Gasteiger charge is 2.67. The fourth-order valence-electron chi connectivity index (χ4n) is 6.07. The summed E-state index contributed by atoms with van der Waals surface area (Å²) in [4.78, 5) is 12.0. The number of nitrogens with zero attached hydrogens (tertiary/aromatic N) is 1. The standard InChI is InChI=1S/C20H22N2O/c1-3-13-11-22(2)9-8-20-16-6-4-5-7-17(16)21-19(20)15(12-23)14(13)10-18(20)22/h3-7,12,14,18H,8-11H2,1-2H3/p+1/b13-3-/t14-,18?,20+,22?/m0/s1. The van der Waals surface area contributed by atoms with Crippen molar-refractivity contribution < 1.29 is 9.28 Å². The first-order valence-corrected chi connectivity index (χ1v) is 8.70. The zero-order valence-corrected chi connectivity index (χ0v) is 13.8. The molecule has 118 valence electrons. The van der Waals surface area contributed by atoms with Gasteiger partial charge in [-0.15, -0.1) is 0 Å². The molecule has 0 amide bonds. The molecule has 1 spiro atoms. The fraction of sp³-hybridized carbons (Fsp3) is 0.450. The molecule has 3 heteroatoms. The highest BCUT2D eigenvalue weighted by Crippen LogP contribution is 2.62. The Balaban J connectivity index is 1.85. The van der Waals surface area contributed by atoms with E-state index >= 15 is 0 Å². The number of carbonyl (C=O) groups is 1. The molecule has 1 aromatic rings. The molecular weight excluding hydrogens is 284 g/mol. The second-order valence-corrected chi connectivity index (χ2v) is 7.87. The van der Waals surface area contributed by atoms with Crippen LogP contribution < -0.4 is 5.32 Å². The second kappa shape index (κ2) is 4.15. The van der Waals surface area contributed by atoms with Gasteiger partial charge in [0.2, 0.25) is 0 Å². The molecular formula is C20H23N2O+. The molecule has 1 aliphatic carbocycles. The monoisotopic (exact) mass is 307 g/mol. The van der Waals surface area contributed by atoms with Gasteiger partial charge >= 0.3 is 0 Å². The summed E-state index contributed by atoms with van der Waals surface area (Å²) in [7, 11) is 2.42. The van der Waals surface area contributed by atoms with Crippen LogP contribution in [0.4, 0.5) is 5.69 Å². The van der Waals surface area contributed by atoms with Gasteiger partial charge in [-0.2, -0.15) is 0 Å². The van der Waals surface area contributed by atoms with Crippen molar-refractivity contribution in [3.8, 4) is 0 Å². The van der Waals surface area contributed by atoms with E-state index in [0.29, 0.717) is 12.0 Å². The molecule has 3 aliphatic heterocycles. The summed E-state index contributed by atoms with van der Waals surface area (Å²) in [6, 6.07) is 9.27. The predicted octanol–water partition coefficient (Wildman–Crippen LogP) is 3.00. The summed E-state index contributed by atoms with van der Waals surface area (Å²) < 4.78 is 1.13. The first kappa shape index (κ1) is 13.6. The lowest BCUT2D eigenvalue weighted by Gasteiger charge is -2.51. The Hall–Kier alpha value is -1.87. The summed E-state index contributed by atoms with van der Waals surface area (Å²) in [5.74, 6) is 0.316. The molecule has 1 N–H and O–H groups in total. The average molecular weight is 307 g/mol. The van der Waals surface area contributed by atoms with Crippen molar-refractivity contribution in [2.75, 3.05) is 25.5 Å². The Kier molecular flexibility index (Phi) is 2.45. The summed E-state index contributed by atoms with van der Waals surface area (Å²) in [5, 5.41) is 3.66. The van der Waals surface area contributed by atoms with Gasteiger partial charge < -0.3 is 9.80 Å². The third-order valence-electron chi connectivity index (χ3n) is 7.06. The Morgan fingerprint density at radius 2 is 2.17 bits per heavy atom. The van der Waals surface area contributed by atoms with Crippen LogP contribution in [-0.4, -0.2) is 36.9 Å². The molecule has 3 heterocycles. The molecule has 2 saturated heterocycles. The van der Waals surface area contributed by atoms with Crippen molar-refractivity contribution in [1.82, 2.24) is 0 Å². The highest BCUT2D eigenvalue weighted by molar-refractivity contribution is 5.84. The number of anilines is 1. The van der Waals surface area contributed by atoms with Crippen molar-refractivity contribution >= 4 is 12.0 Å². The fourth-order valence-corrected chi connectivity index (χ4v) is 6.07. The lowest BCUT2D eigenvalue weighted by Crippen LogP contribution is -2.61. The number of hydrogen-bond donors (Lipinski definition) is 1. The zero-order valence-electron chi connectivity index (χ0n) is 13.8. The molecule has 1 aromatic carbocycles. The topological polar surface area (TPSA) is 29.1 Å². The third kappa shape index (κ3) is 1.38. The van der Waals surface area contributed by atoms with Crippen LogP contribution in [0.15, 0.2) is 47.2 Å². The van der Waals surface area contributed by atoms with Crippen molar-refractivity contribution in [1.29, 1.82) is 0 Å². The minimum Gasteiger partial charge on any atom is -0.357 e. The average Bonchev–Trinajstić information content (AvgIpc) is 3.08. The smallest absolute Gasteiger partial charge is 0.148 e. The van der Waals surface area contributed by atoms with Crippen LogP contribution in [0.1, 0.15) is 25.3 Å². The van der Waals surface area contributed by atoms with Gasteiger partial charge in [0.15, 0.2) is 0 Å². The molecule has 4 atom stereocenters. The van der Waals surface area contributed by atoms with Gasteiger partial charge in [-0.1, -0.05) is 24.3 Å². The molecule has 23 heavy (non-hydrogen) atoms. The van der Waals surface area contributed by atoms with Crippen LogP contribution >= 0.6 is 0 Å². The number of hydrogen-bond acceptors (Lipinski definition) is 2. The third-order valence-corrected chi connectivity index (χ3v) is 7.06. The van der Waals surface area contributed by atoms with Gasteiger partial charge in [0, 0.05) is 35.7 Å². The van der Waals surface area contributed by atoms with Crippen molar-refractivity contribution in [2.45, 2.75) is 31.2 Å². The van der Waals surface area contributed by atoms with Crippen LogP contribution in [0, 0.1) is 5.92 Å². The van der Waals surface area contributed by atoms with Crippen LogP contribution in [0.2, 0.25) is 0 Å². The molecule has 2 bridgehead atoms. The zero-order chi connectivity index (χ0) is 15.8. The molecule has 2 unspecified atom stereocenters. The number of aldehydes is 1. The molecule has 2 fully saturated rings. The number of nitrogens with one attached hydrogen (secondary N) is 1. The highest BCUT2D eigenvalue weighted by atomic mass is 16.1. The predicted molar refractivity (Wildman–Crippen MR) is 91.0 cm³/mol. The maximum absolute atomic E-state index is 12.0. The molecule has 0 aromatic heterocycles. The van der Waals surface area contributed by atoms with Gasteiger partial charge in [0.05, 0.1) is 19.0 Å². The van der Waals surface area contributed by atoms with Crippen molar-refractivity contribution in [2.24, 2.45) is 5.92 Å². The van der Waals surface area contributed by atoms with Crippen LogP contribution in [-0.2, 0) is 10.2 Å². The summed E-state index contributed by atoms with van der Waals surface area (Å²) in [6.45, 7) is 4.42. The molecule has 3 nitrogen and oxygen atoms in total. The largest absolute Gasteiger partial charge is 0.357 e. The van der Waals surface area contributed by atoms with E-state index in [-0.39, 0.29) is 5.41 Å². The molecule has 0 radical (unpaired) electrons. The quantitative estimate of drug-likeness (QED) is 0.491. The van der Waals surface area contributed by atoms with Crippen molar-refractivity contribution in [3.05, 3.63) is 52.7 Å².